The predicted molar refractivity (Wildman–Crippen MR) is 285 cm³/mol. The normalized spacial score (nSPS) is 12.0. The molecule has 0 bridgehead atoms. The van der Waals surface area contributed by atoms with Crippen LogP contribution in [0, 0.1) is 0 Å². The molecule has 0 aliphatic rings. The molecule has 0 spiro atoms. The van der Waals surface area contributed by atoms with E-state index in [1.54, 1.807) is 0 Å². The van der Waals surface area contributed by atoms with E-state index in [4.69, 9.17) is 0 Å². The van der Waals surface area contributed by atoms with E-state index in [0.717, 1.165) is 51.4 Å². The third-order valence-electron chi connectivity index (χ3n) is 14.3. The molecule has 4 nitrogen and oxygen atoms in total. The highest BCUT2D eigenvalue weighted by Crippen LogP contribution is 2.18. The second kappa shape index (κ2) is 56.4. The van der Waals surface area contributed by atoms with Crippen LogP contribution in [0.25, 0.3) is 0 Å². The van der Waals surface area contributed by atoms with Gasteiger partial charge in [-0.3, -0.25) is 9.59 Å². The Balaban J connectivity index is 3.22. The summed E-state index contributed by atoms with van der Waals surface area (Å²) in [6, 6.07) is 0. The summed E-state index contributed by atoms with van der Waals surface area (Å²) in [7, 11) is 0. The minimum Gasteiger partial charge on any atom is -0.391 e. The van der Waals surface area contributed by atoms with Crippen LogP contribution in [0.5, 0.6) is 0 Å². The minimum atomic E-state index is -0.390. The van der Waals surface area contributed by atoms with Crippen LogP contribution >= 0.6 is 0 Å². The fourth-order valence-corrected chi connectivity index (χ4v) is 9.78. The lowest BCUT2D eigenvalue weighted by Crippen LogP contribution is -2.31. The third kappa shape index (κ3) is 55.4. The monoisotopic (exact) mass is 902 g/mol. The van der Waals surface area contributed by atoms with Crippen molar-refractivity contribution in [1.29, 1.82) is 0 Å². The van der Waals surface area contributed by atoms with Gasteiger partial charge >= 0.3 is 0 Å². The average Bonchev–Trinajstić information content (AvgIpc) is 3.29. The van der Waals surface area contributed by atoms with Crippen molar-refractivity contribution in [2.45, 2.75) is 367 Å². The van der Waals surface area contributed by atoms with Crippen molar-refractivity contribution in [3.8, 4) is 0 Å². The van der Waals surface area contributed by atoms with Gasteiger partial charge in [-0.15, -0.1) is 0 Å². The van der Waals surface area contributed by atoms with Crippen molar-refractivity contribution >= 4 is 11.7 Å². The van der Waals surface area contributed by atoms with E-state index < -0.39 is 6.10 Å². The number of aliphatic hydroxyl groups excluding tert-OH is 1. The summed E-state index contributed by atoms with van der Waals surface area (Å²) in [4.78, 5) is 24.4. The van der Waals surface area contributed by atoms with Crippen LogP contribution in [0.15, 0.2) is 0 Å². The summed E-state index contributed by atoms with van der Waals surface area (Å²) in [6.45, 7) is 4.99. The molecule has 4 heteroatoms. The van der Waals surface area contributed by atoms with Gasteiger partial charge in [0.15, 0.2) is 0 Å². The maximum absolute atomic E-state index is 12.2. The molecule has 0 saturated carbocycles. The van der Waals surface area contributed by atoms with Gasteiger partial charge in [0.25, 0.3) is 0 Å². The van der Waals surface area contributed by atoms with Crippen LogP contribution in [0.4, 0.5) is 0 Å². The Morgan fingerprint density at radius 3 is 0.750 bits per heavy atom. The summed E-state index contributed by atoms with van der Waals surface area (Å²) in [5.41, 5.74) is 0. The number of unbranched alkanes of at least 4 members (excludes halogenated alkanes) is 47. The first-order chi connectivity index (χ1) is 31.6. The highest BCUT2D eigenvalue weighted by atomic mass is 16.3. The van der Waals surface area contributed by atoms with E-state index in [1.165, 1.54) is 289 Å². The summed E-state index contributed by atoms with van der Waals surface area (Å²) < 4.78 is 0. The third-order valence-corrected chi connectivity index (χ3v) is 14.3. The largest absolute Gasteiger partial charge is 0.391 e. The number of Topliss-reactive ketones (excluding diaryl/α,β-unsaturated/α-hetero) is 1. The van der Waals surface area contributed by atoms with Crippen LogP contribution in [-0.2, 0) is 9.59 Å². The Morgan fingerprint density at radius 1 is 0.297 bits per heavy atom. The molecule has 64 heavy (non-hydrogen) atoms. The van der Waals surface area contributed by atoms with E-state index in [2.05, 4.69) is 19.2 Å². The highest BCUT2D eigenvalue weighted by molar-refractivity contribution is 5.78. The summed E-state index contributed by atoms with van der Waals surface area (Å²) >= 11 is 0. The number of hydrogen-bond donors (Lipinski definition) is 2. The number of carbonyl (C=O) groups is 2. The van der Waals surface area contributed by atoms with Crippen molar-refractivity contribution in [3.63, 3.8) is 0 Å². The smallest absolute Gasteiger partial charge is 0.220 e. The van der Waals surface area contributed by atoms with E-state index in [1.807, 2.05) is 0 Å². The SMILES string of the molecule is CCCCCCCCCCCCCCCC[C@H](O)CNC(=O)CCCCCCCCCCCCCCCCCCCCCCCCCCCCCC(=O)CCCCCCCCCCC. The molecule has 0 aliphatic heterocycles. The molecule has 0 saturated heterocycles. The number of aliphatic hydroxyl groups is 1. The molecule has 0 unspecified atom stereocenters. The van der Waals surface area contributed by atoms with Crippen molar-refractivity contribution in [1.82, 2.24) is 5.32 Å². The minimum absolute atomic E-state index is 0.116. The predicted octanol–water partition coefficient (Wildman–Crippen LogP) is 20.1. The Kier molecular flexibility index (Phi) is 55.6. The van der Waals surface area contributed by atoms with Gasteiger partial charge in [-0.05, 0) is 25.7 Å². The Labute approximate surface area is 403 Å². The number of carbonyl (C=O) groups excluding carboxylic acids is 2. The fraction of sp³-hybridized carbons (Fsp3) is 0.967. The quantitative estimate of drug-likeness (QED) is 0.0598. The van der Waals surface area contributed by atoms with Crippen molar-refractivity contribution in [3.05, 3.63) is 0 Å². The molecule has 0 aromatic heterocycles. The molecule has 1 atom stereocenters. The Morgan fingerprint density at radius 2 is 0.500 bits per heavy atom. The zero-order valence-electron chi connectivity index (χ0n) is 44.2. The molecule has 0 rings (SSSR count). The lowest BCUT2D eigenvalue weighted by atomic mass is 10.0. The molecule has 1 amide bonds. The van der Waals surface area contributed by atoms with Gasteiger partial charge in [0.2, 0.25) is 5.91 Å². The standard InChI is InChI=1S/C60H119NO3/c1-3-5-7-9-11-13-14-15-31-35-39-43-47-51-55-59(63)57-61-60(64)56-52-48-44-40-36-33-30-28-26-24-22-20-18-16-17-19-21-23-25-27-29-32-34-38-42-46-50-54-58(62)53-49-45-41-37-12-10-8-6-4-2/h59,63H,3-57H2,1-2H3,(H,61,64)/t59-/m0/s1. The average molecular weight is 903 g/mol. The first-order valence-electron chi connectivity index (χ1n) is 30.1. The molecule has 0 heterocycles. The number of amides is 1. The fourth-order valence-electron chi connectivity index (χ4n) is 9.78. The van der Waals surface area contributed by atoms with E-state index in [-0.39, 0.29) is 5.91 Å². The maximum Gasteiger partial charge on any atom is 0.220 e. The number of nitrogens with one attached hydrogen (secondary N) is 1. The zero-order valence-corrected chi connectivity index (χ0v) is 44.2. The van der Waals surface area contributed by atoms with Crippen molar-refractivity contribution in [2.24, 2.45) is 0 Å². The van der Waals surface area contributed by atoms with Gasteiger partial charge in [0.1, 0.15) is 5.78 Å². The van der Waals surface area contributed by atoms with Gasteiger partial charge in [0.05, 0.1) is 6.10 Å². The summed E-state index contributed by atoms with van der Waals surface area (Å²) in [5.74, 6) is 0.635. The highest BCUT2D eigenvalue weighted by Gasteiger charge is 2.08. The van der Waals surface area contributed by atoms with Crippen molar-refractivity contribution < 1.29 is 14.7 Å². The molecule has 382 valence electrons. The van der Waals surface area contributed by atoms with E-state index in [0.29, 0.717) is 18.7 Å². The number of rotatable bonds is 57. The van der Waals surface area contributed by atoms with Gasteiger partial charge in [0, 0.05) is 25.8 Å². The lowest BCUT2D eigenvalue weighted by molar-refractivity contribution is -0.121. The number of hydrogen-bond acceptors (Lipinski definition) is 3. The Hall–Kier alpha value is -0.900. The maximum atomic E-state index is 12.2. The zero-order chi connectivity index (χ0) is 46.3. The molecule has 2 N–H and O–H groups in total. The van der Waals surface area contributed by atoms with Gasteiger partial charge in [-0.25, -0.2) is 0 Å². The van der Waals surface area contributed by atoms with Crippen LogP contribution in [-0.4, -0.2) is 29.4 Å². The molecule has 0 aromatic carbocycles. The van der Waals surface area contributed by atoms with Gasteiger partial charge in [-0.1, -0.05) is 316 Å². The van der Waals surface area contributed by atoms with Gasteiger partial charge < -0.3 is 10.4 Å². The molecule has 0 radical (unpaired) electrons. The lowest BCUT2D eigenvalue weighted by Gasteiger charge is -2.12. The first kappa shape index (κ1) is 63.1. The Bertz CT molecular complexity index is 890. The van der Waals surface area contributed by atoms with Crippen LogP contribution in [0.1, 0.15) is 361 Å². The summed E-state index contributed by atoms with van der Waals surface area (Å²) in [5, 5.41) is 13.2. The first-order valence-corrected chi connectivity index (χ1v) is 30.1. The van der Waals surface area contributed by atoms with E-state index in [9.17, 15) is 14.7 Å². The molecule has 0 fully saturated rings. The topological polar surface area (TPSA) is 66.4 Å². The second-order valence-corrected chi connectivity index (χ2v) is 21.0. The van der Waals surface area contributed by atoms with Crippen molar-refractivity contribution in [2.75, 3.05) is 6.54 Å². The molecule has 0 aromatic rings. The molecular weight excluding hydrogens is 783 g/mol. The van der Waals surface area contributed by atoms with Crippen LogP contribution < -0.4 is 5.32 Å². The second-order valence-electron chi connectivity index (χ2n) is 21.0. The van der Waals surface area contributed by atoms with Crippen LogP contribution in [0.2, 0.25) is 0 Å². The van der Waals surface area contributed by atoms with Crippen LogP contribution in [0.3, 0.4) is 0 Å². The molecular formula is C60H119NO3. The molecule has 0 aliphatic carbocycles. The summed E-state index contributed by atoms with van der Waals surface area (Å²) in [6.07, 6.45) is 70.4. The van der Waals surface area contributed by atoms with Gasteiger partial charge in [-0.2, -0.15) is 0 Å². The number of ketones is 1. The van der Waals surface area contributed by atoms with E-state index >= 15 is 0 Å².